The van der Waals surface area contributed by atoms with Gasteiger partial charge in [0.2, 0.25) is 5.91 Å². The number of anilines is 1. The fourth-order valence-corrected chi connectivity index (χ4v) is 2.88. The van der Waals surface area contributed by atoms with Crippen LogP contribution in [0.2, 0.25) is 0 Å². The highest BCUT2D eigenvalue weighted by atomic mass is 16.2. The fraction of sp³-hybridized carbons (Fsp3) is 0.158. The number of fused-ring (bicyclic) bond motifs is 1. The van der Waals surface area contributed by atoms with Crippen LogP contribution in [0.5, 0.6) is 0 Å². The summed E-state index contributed by atoms with van der Waals surface area (Å²) in [7, 11) is 0. The average molecular weight is 346 g/mol. The molecule has 0 saturated heterocycles. The lowest BCUT2D eigenvalue weighted by Crippen LogP contribution is -2.19. The molecule has 0 aliphatic heterocycles. The largest absolute Gasteiger partial charge is 0.322 e. The fourth-order valence-electron chi connectivity index (χ4n) is 2.88. The number of benzene rings is 2. The zero-order chi connectivity index (χ0) is 17.9. The molecule has 0 aliphatic rings. The van der Waals surface area contributed by atoms with Gasteiger partial charge in [0.05, 0.1) is 23.9 Å². The Balaban J connectivity index is 1.41. The lowest BCUT2D eigenvalue weighted by Gasteiger charge is -2.04. The molecule has 130 valence electrons. The molecule has 0 fully saturated rings. The predicted octanol–water partition coefficient (Wildman–Crippen LogP) is 2.62. The van der Waals surface area contributed by atoms with Gasteiger partial charge >= 0.3 is 0 Å². The number of hydrogen-bond donors (Lipinski definition) is 1. The summed E-state index contributed by atoms with van der Waals surface area (Å²) in [6.07, 6.45) is 3.47. The Morgan fingerprint density at radius 3 is 2.92 bits per heavy atom. The van der Waals surface area contributed by atoms with Gasteiger partial charge in [-0.15, -0.1) is 5.10 Å². The number of carbonyl (C=O) groups is 1. The minimum atomic E-state index is -0.171. The maximum atomic E-state index is 12.3. The first kappa shape index (κ1) is 16.0. The normalized spacial score (nSPS) is 11.0. The Labute approximate surface area is 150 Å². The number of carbonyl (C=O) groups excluding carboxylic acids is 1. The second-order valence-corrected chi connectivity index (χ2v) is 6.20. The zero-order valence-electron chi connectivity index (χ0n) is 14.3. The van der Waals surface area contributed by atoms with Crippen molar-refractivity contribution in [3.8, 4) is 0 Å². The zero-order valence-corrected chi connectivity index (χ0v) is 14.3. The molecular weight excluding hydrogens is 328 g/mol. The molecule has 0 radical (unpaired) electrons. The molecule has 2 aromatic carbocycles. The average Bonchev–Trinajstić information content (AvgIpc) is 3.22. The van der Waals surface area contributed by atoms with Crippen molar-refractivity contribution in [1.29, 1.82) is 0 Å². The minimum absolute atomic E-state index is 0.101. The van der Waals surface area contributed by atoms with E-state index in [1.54, 1.807) is 15.6 Å². The smallest absolute Gasteiger partial charge is 0.246 e. The number of para-hydroxylation sites is 1. The van der Waals surface area contributed by atoms with Gasteiger partial charge in [-0.3, -0.25) is 9.48 Å². The monoisotopic (exact) mass is 346 g/mol. The van der Waals surface area contributed by atoms with Gasteiger partial charge in [0.25, 0.3) is 0 Å². The van der Waals surface area contributed by atoms with Gasteiger partial charge in [-0.25, -0.2) is 4.68 Å². The third-order valence-corrected chi connectivity index (χ3v) is 4.06. The summed E-state index contributed by atoms with van der Waals surface area (Å²) in [6, 6.07) is 15.8. The lowest BCUT2D eigenvalue weighted by atomic mass is 10.1. The summed E-state index contributed by atoms with van der Waals surface area (Å²) in [5.41, 5.74) is 4.64. The van der Waals surface area contributed by atoms with E-state index in [9.17, 15) is 4.79 Å². The first-order valence-corrected chi connectivity index (χ1v) is 8.33. The Bertz CT molecular complexity index is 1060. The van der Waals surface area contributed by atoms with E-state index in [0.29, 0.717) is 12.2 Å². The topological polar surface area (TPSA) is 77.6 Å². The Hall–Kier alpha value is -3.48. The van der Waals surface area contributed by atoms with Crippen LogP contribution in [-0.4, -0.2) is 30.7 Å². The van der Waals surface area contributed by atoms with E-state index in [4.69, 9.17) is 0 Å². The molecule has 1 N–H and O–H groups in total. The second kappa shape index (κ2) is 6.79. The third kappa shape index (κ3) is 3.46. The highest BCUT2D eigenvalue weighted by Crippen LogP contribution is 2.12. The van der Waals surface area contributed by atoms with Gasteiger partial charge in [0, 0.05) is 6.20 Å². The number of rotatable bonds is 5. The van der Waals surface area contributed by atoms with Crippen LogP contribution >= 0.6 is 0 Å². The lowest BCUT2D eigenvalue weighted by molar-refractivity contribution is -0.116. The van der Waals surface area contributed by atoms with Crippen molar-refractivity contribution in [2.75, 3.05) is 5.32 Å². The van der Waals surface area contributed by atoms with E-state index >= 15 is 0 Å². The summed E-state index contributed by atoms with van der Waals surface area (Å²) in [4.78, 5) is 12.3. The standard InChI is InChI=1S/C19H18N6O/c1-14-5-4-6-15(9-14)11-24-12-16(10-20-24)21-19(26)13-25-18-8-3-2-7-17(18)22-23-25/h2-10,12H,11,13H2,1H3,(H,21,26). The van der Waals surface area contributed by atoms with E-state index in [2.05, 4.69) is 45.9 Å². The van der Waals surface area contributed by atoms with Crippen LogP contribution in [0.4, 0.5) is 5.69 Å². The number of nitrogens with one attached hydrogen (secondary N) is 1. The van der Waals surface area contributed by atoms with Gasteiger partial charge in [0.1, 0.15) is 12.1 Å². The van der Waals surface area contributed by atoms with Crippen LogP contribution in [0.25, 0.3) is 11.0 Å². The summed E-state index contributed by atoms with van der Waals surface area (Å²) in [5.74, 6) is -0.171. The molecule has 4 aromatic rings. The number of nitrogens with zero attached hydrogens (tertiary/aromatic N) is 5. The Morgan fingerprint density at radius 1 is 1.15 bits per heavy atom. The number of hydrogen-bond acceptors (Lipinski definition) is 4. The van der Waals surface area contributed by atoms with Crippen molar-refractivity contribution in [3.05, 3.63) is 72.1 Å². The van der Waals surface area contributed by atoms with Gasteiger partial charge in [-0.2, -0.15) is 5.10 Å². The molecule has 2 heterocycles. The molecular formula is C19H18N6O. The van der Waals surface area contributed by atoms with E-state index in [0.717, 1.165) is 11.0 Å². The predicted molar refractivity (Wildman–Crippen MR) is 98.7 cm³/mol. The highest BCUT2D eigenvalue weighted by Gasteiger charge is 2.10. The van der Waals surface area contributed by atoms with Crippen molar-refractivity contribution >= 4 is 22.6 Å². The molecule has 7 heteroatoms. The van der Waals surface area contributed by atoms with E-state index in [1.165, 1.54) is 11.1 Å². The van der Waals surface area contributed by atoms with Gasteiger partial charge in [-0.05, 0) is 24.6 Å². The van der Waals surface area contributed by atoms with E-state index in [1.807, 2.05) is 36.5 Å². The first-order valence-electron chi connectivity index (χ1n) is 8.33. The molecule has 0 spiro atoms. The van der Waals surface area contributed by atoms with Gasteiger partial charge in [-0.1, -0.05) is 47.2 Å². The molecule has 0 atom stereocenters. The van der Waals surface area contributed by atoms with Gasteiger partial charge < -0.3 is 5.32 Å². The molecule has 2 aromatic heterocycles. The molecule has 0 unspecified atom stereocenters. The van der Waals surface area contributed by atoms with Crippen LogP contribution in [0.15, 0.2) is 60.9 Å². The number of amides is 1. The van der Waals surface area contributed by atoms with Crippen molar-refractivity contribution in [2.45, 2.75) is 20.0 Å². The van der Waals surface area contributed by atoms with Crippen LogP contribution in [0, 0.1) is 6.92 Å². The number of aryl methyl sites for hydroxylation is 1. The van der Waals surface area contributed by atoms with Crippen molar-refractivity contribution in [1.82, 2.24) is 24.8 Å². The highest BCUT2D eigenvalue weighted by molar-refractivity contribution is 5.91. The molecule has 7 nitrogen and oxygen atoms in total. The third-order valence-electron chi connectivity index (χ3n) is 4.06. The quantitative estimate of drug-likeness (QED) is 0.602. The second-order valence-electron chi connectivity index (χ2n) is 6.20. The molecule has 0 bridgehead atoms. The van der Waals surface area contributed by atoms with Crippen molar-refractivity contribution in [3.63, 3.8) is 0 Å². The molecule has 1 amide bonds. The van der Waals surface area contributed by atoms with E-state index in [-0.39, 0.29) is 12.5 Å². The maximum Gasteiger partial charge on any atom is 0.246 e. The Kier molecular flexibility index (Phi) is 4.18. The van der Waals surface area contributed by atoms with E-state index < -0.39 is 0 Å². The van der Waals surface area contributed by atoms with Crippen LogP contribution in [0.3, 0.4) is 0 Å². The summed E-state index contributed by atoms with van der Waals surface area (Å²) >= 11 is 0. The molecule has 0 saturated carbocycles. The van der Waals surface area contributed by atoms with Crippen molar-refractivity contribution in [2.24, 2.45) is 0 Å². The van der Waals surface area contributed by atoms with Gasteiger partial charge in [0.15, 0.2) is 0 Å². The summed E-state index contributed by atoms with van der Waals surface area (Å²) in [5, 5.41) is 15.2. The molecule has 26 heavy (non-hydrogen) atoms. The summed E-state index contributed by atoms with van der Waals surface area (Å²) in [6.45, 7) is 2.82. The first-order chi connectivity index (χ1) is 12.7. The SMILES string of the molecule is Cc1cccc(Cn2cc(NC(=O)Cn3nnc4ccccc43)cn2)c1. The minimum Gasteiger partial charge on any atom is -0.322 e. The van der Waals surface area contributed by atoms with Crippen LogP contribution < -0.4 is 5.32 Å². The number of aromatic nitrogens is 5. The van der Waals surface area contributed by atoms with Crippen LogP contribution in [-0.2, 0) is 17.9 Å². The summed E-state index contributed by atoms with van der Waals surface area (Å²) < 4.78 is 3.39. The Morgan fingerprint density at radius 2 is 2.04 bits per heavy atom. The molecule has 4 rings (SSSR count). The maximum absolute atomic E-state index is 12.3. The molecule has 0 aliphatic carbocycles. The van der Waals surface area contributed by atoms with Crippen LogP contribution in [0.1, 0.15) is 11.1 Å². The van der Waals surface area contributed by atoms with Crippen molar-refractivity contribution < 1.29 is 4.79 Å².